The van der Waals surface area contributed by atoms with Gasteiger partial charge in [-0.25, -0.2) is 15.0 Å². The number of rotatable bonds is 6. The van der Waals surface area contributed by atoms with Crippen molar-refractivity contribution in [1.82, 2.24) is 15.0 Å². The van der Waals surface area contributed by atoms with Crippen LogP contribution in [0.2, 0.25) is 0 Å². The molecule has 0 saturated heterocycles. The third kappa shape index (κ3) is 5.74. The van der Waals surface area contributed by atoms with Crippen LogP contribution in [-0.2, 0) is 0 Å². The maximum atomic E-state index is 5.12. The Bertz CT molecular complexity index is 3120. The van der Waals surface area contributed by atoms with Crippen LogP contribution in [0, 0.1) is 0 Å². The van der Waals surface area contributed by atoms with Gasteiger partial charge in [-0.05, 0) is 80.4 Å². The second-order valence-corrected chi connectivity index (χ2v) is 14.4. The predicted molar refractivity (Wildman–Crippen MR) is 236 cm³/mol. The summed E-state index contributed by atoms with van der Waals surface area (Å²) < 4.78 is 0. The molecule has 2 heterocycles. The Morgan fingerprint density at radius 3 is 1.65 bits per heavy atom. The quantitative estimate of drug-likeness (QED) is 0.171. The largest absolute Gasteiger partial charge is 0.309 e. The molecule has 9 aromatic carbocycles. The fraction of sp³-hybridized carbons (Fsp3) is 0. The zero-order valence-corrected chi connectivity index (χ0v) is 30.9. The Morgan fingerprint density at radius 2 is 0.877 bits per heavy atom. The van der Waals surface area contributed by atoms with Crippen molar-refractivity contribution in [2.75, 3.05) is 4.90 Å². The van der Waals surface area contributed by atoms with Crippen molar-refractivity contribution < 1.29 is 0 Å². The first-order valence-corrected chi connectivity index (χ1v) is 19.3. The summed E-state index contributed by atoms with van der Waals surface area (Å²) in [7, 11) is 0. The topological polar surface area (TPSA) is 41.9 Å². The second kappa shape index (κ2) is 13.6. The van der Waals surface area contributed by atoms with Gasteiger partial charge in [-0.2, -0.15) is 0 Å². The molecular weight excluding hydrogens is 693 g/mol. The molecule has 1 aliphatic heterocycles. The molecule has 11 rings (SSSR count). The molecule has 0 N–H and O–H groups in total. The third-order valence-corrected chi connectivity index (χ3v) is 11.0. The van der Waals surface area contributed by atoms with Crippen molar-refractivity contribution in [2.45, 2.75) is 0 Å². The normalized spacial score (nSPS) is 11.8. The molecule has 0 bridgehead atoms. The van der Waals surface area contributed by atoms with Gasteiger partial charge in [0.1, 0.15) is 0 Å². The van der Waals surface area contributed by atoms with E-state index in [1.165, 1.54) is 44.1 Å². The molecule has 4 nitrogen and oxygen atoms in total. The van der Waals surface area contributed by atoms with Gasteiger partial charge in [0.2, 0.25) is 0 Å². The Hall–Kier alpha value is -7.69. The highest BCUT2D eigenvalue weighted by atomic mass is 15.2. The van der Waals surface area contributed by atoms with Gasteiger partial charge >= 0.3 is 0 Å². The number of hydrogen-bond acceptors (Lipinski definition) is 4. The van der Waals surface area contributed by atoms with E-state index in [0.717, 1.165) is 44.6 Å². The predicted octanol–water partition coefficient (Wildman–Crippen LogP) is 14.0. The molecular formula is C53H34N4. The van der Waals surface area contributed by atoms with Gasteiger partial charge in [-0.15, -0.1) is 0 Å². The maximum Gasteiger partial charge on any atom is 0.164 e. The number of nitrogens with zero attached hydrogens (tertiary/aromatic N) is 4. The summed E-state index contributed by atoms with van der Waals surface area (Å²) >= 11 is 0. The van der Waals surface area contributed by atoms with Crippen molar-refractivity contribution in [3.8, 4) is 67.5 Å². The molecule has 266 valence electrons. The van der Waals surface area contributed by atoms with Gasteiger partial charge in [-0.1, -0.05) is 170 Å². The summed E-state index contributed by atoms with van der Waals surface area (Å²) in [5, 5.41) is 4.75. The van der Waals surface area contributed by atoms with Gasteiger partial charge < -0.3 is 4.90 Å². The molecule has 57 heavy (non-hydrogen) atoms. The molecule has 1 aliphatic rings. The van der Waals surface area contributed by atoms with Gasteiger partial charge in [0.05, 0.1) is 11.4 Å². The number of hydrogen-bond donors (Lipinski definition) is 0. The van der Waals surface area contributed by atoms with Crippen LogP contribution in [0.4, 0.5) is 17.1 Å². The first-order chi connectivity index (χ1) is 28.2. The van der Waals surface area contributed by atoms with Crippen molar-refractivity contribution in [3.63, 3.8) is 0 Å². The van der Waals surface area contributed by atoms with Crippen molar-refractivity contribution in [3.05, 3.63) is 206 Å². The molecule has 0 fully saturated rings. The lowest BCUT2D eigenvalue weighted by Crippen LogP contribution is -2.15. The highest BCUT2D eigenvalue weighted by Gasteiger charge is 2.27. The average Bonchev–Trinajstić information content (AvgIpc) is 3.29. The second-order valence-electron chi connectivity index (χ2n) is 14.4. The molecule has 0 unspecified atom stereocenters. The van der Waals surface area contributed by atoms with Crippen molar-refractivity contribution in [1.29, 1.82) is 0 Å². The Morgan fingerprint density at radius 1 is 0.298 bits per heavy atom. The first kappa shape index (κ1) is 32.7. The van der Waals surface area contributed by atoms with Gasteiger partial charge in [0, 0.05) is 33.3 Å². The Balaban J connectivity index is 1.07. The minimum Gasteiger partial charge on any atom is -0.309 e. The molecule has 0 spiro atoms. The lowest BCUT2D eigenvalue weighted by Gasteiger charge is -2.34. The summed E-state index contributed by atoms with van der Waals surface area (Å²) in [4.78, 5) is 17.6. The zero-order valence-electron chi connectivity index (χ0n) is 30.9. The van der Waals surface area contributed by atoms with E-state index >= 15 is 0 Å². The fourth-order valence-electron chi connectivity index (χ4n) is 8.29. The van der Waals surface area contributed by atoms with E-state index in [2.05, 4.69) is 181 Å². The molecule has 0 atom stereocenters. The molecule has 0 radical (unpaired) electrons. The monoisotopic (exact) mass is 726 g/mol. The highest BCUT2D eigenvalue weighted by molar-refractivity contribution is 6.17. The molecule has 0 amide bonds. The van der Waals surface area contributed by atoms with E-state index in [-0.39, 0.29) is 0 Å². The smallest absolute Gasteiger partial charge is 0.164 e. The lowest BCUT2D eigenvalue weighted by atomic mass is 9.86. The molecule has 1 aromatic heterocycles. The van der Waals surface area contributed by atoms with Crippen molar-refractivity contribution >= 4 is 38.6 Å². The summed E-state index contributed by atoms with van der Waals surface area (Å²) in [6, 6.07) is 73.0. The average molecular weight is 727 g/mol. The van der Waals surface area contributed by atoms with E-state index in [4.69, 9.17) is 15.0 Å². The van der Waals surface area contributed by atoms with Crippen LogP contribution >= 0.6 is 0 Å². The first-order valence-electron chi connectivity index (χ1n) is 19.3. The van der Waals surface area contributed by atoms with E-state index in [9.17, 15) is 0 Å². The maximum absolute atomic E-state index is 5.12. The number of aromatic nitrogens is 3. The van der Waals surface area contributed by atoms with Crippen LogP contribution < -0.4 is 4.90 Å². The molecule has 10 aromatic rings. The number of para-hydroxylation sites is 1. The van der Waals surface area contributed by atoms with Crippen LogP contribution in [0.1, 0.15) is 0 Å². The van der Waals surface area contributed by atoms with Gasteiger partial charge in [0.25, 0.3) is 0 Å². The number of benzene rings is 9. The standard InChI is InChI=1S/C53H34N4/c1-4-14-35(15-5-1)39-28-29-45-47-25-13-24-46-44(30-31-48(50(46)47)57(49(45)34-39)43-22-8-3-9-23-43)40-20-12-21-41(33-40)52-54-51(37-17-6-2-7-18-37)55-53(56-52)42-27-26-36-16-10-11-19-38(36)32-42/h1-34H. The molecule has 0 saturated carbocycles. The molecule has 4 heteroatoms. The number of anilines is 3. The Labute approximate surface area is 331 Å². The van der Waals surface area contributed by atoms with E-state index in [0.29, 0.717) is 17.5 Å². The summed E-state index contributed by atoms with van der Waals surface area (Å²) in [6.45, 7) is 0. The highest BCUT2D eigenvalue weighted by Crippen LogP contribution is 2.53. The fourth-order valence-corrected chi connectivity index (χ4v) is 8.29. The van der Waals surface area contributed by atoms with Gasteiger partial charge in [-0.3, -0.25) is 0 Å². The van der Waals surface area contributed by atoms with E-state index in [1.807, 2.05) is 30.3 Å². The van der Waals surface area contributed by atoms with Crippen LogP contribution in [0.3, 0.4) is 0 Å². The SMILES string of the molecule is c1ccc(-c2ccc3c(c2)N(c2ccccc2)c2ccc(-c4cccc(-c5nc(-c6ccccc6)nc(-c6ccc7ccccc7c6)n5)c4)c4cccc-3c24)cc1. The number of fused-ring (bicyclic) bond motifs is 3. The minimum atomic E-state index is 0.634. The molecule has 0 aliphatic carbocycles. The third-order valence-electron chi connectivity index (χ3n) is 11.0. The van der Waals surface area contributed by atoms with E-state index in [1.54, 1.807) is 0 Å². The van der Waals surface area contributed by atoms with Crippen LogP contribution in [0.15, 0.2) is 206 Å². The lowest BCUT2D eigenvalue weighted by molar-refractivity contribution is 1.07. The van der Waals surface area contributed by atoms with Crippen molar-refractivity contribution in [2.24, 2.45) is 0 Å². The van der Waals surface area contributed by atoms with E-state index < -0.39 is 0 Å². The zero-order chi connectivity index (χ0) is 37.7. The summed E-state index contributed by atoms with van der Waals surface area (Å²) in [5.41, 5.74) is 13.4. The van der Waals surface area contributed by atoms with Gasteiger partial charge in [0.15, 0.2) is 17.5 Å². The van der Waals surface area contributed by atoms with Crippen LogP contribution in [-0.4, -0.2) is 15.0 Å². The van der Waals surface area contributed by atoms with Crippen LogP contribution in [0.25, 0.3) is 89.1 Å². The summed E-state index contributed by atoms with van der Waals surface area (Å²) in [6.07, 6.45) is 0. The van der Waals surface area contributed by atoms with Crippen LogP contribution in [0.5, 0.6) is 0 Å². The minimum absolute atomic E-state index is 0.634. The summed E-state index contributed by atoms with van der Waals surface area (Å²) in [5.74, 6) is 1.92. The Kier molecular flexibility index (Phi) is 7.78.